The molecule has 1 heterocycles. The van der Waals surface area contributed by atoms with Gasteiger partial charge in [-0.05, 0) is 50.4 Å². The molecule has 1 amide bonds. The van der Waals surface area contributed by atoms with Gasteiger partial charge in [-0.15, -0.1) is 0 Å². The molecule has 3 nitrogen and oxygen atoms in total. The van der Waals surface area contributed by atoms with Gasteiger partial charge in [-0.3, -0.25) is 4.79 Å². The summed E-state index contributed by atoms with van der Waals surface area (Å²) in [7, 11) is 0. The molecule has 0 saturated carbocycles. The van der Waals surface area contributed by atoms with E-state index >= 15 is 0 Å². The summed E-state index contributed by atoms with van der Waals surface area (Å²) in [6.45, 7) is 3.02. The quantitative estimate of drug-likeness (QED) is 0.885. The fraction of sp³-hybridized carbons (Fsp3) is 0.562. The Bertz CT molecular complexity index is 425. The first-order chi connectivity index (χ1) is 9.65. The Kier molecular flexibility index (Phi) is 6.05. The highest BCUT2D eigenvalue weighted by Crippen LogP contribution is 2.12. The second-order valence-electron chi connectivity index (χ2n) is 5.60. The summed E-state index contributed by atoms with van der Waals surface area (Å²) < 4.78 is 1.08. The van der Waals surface area contributed by atoms with E-state index in [1.54, 1.807) is 0 Å². The van der Waals surface area contributed by atoms with E-state index in [1.165, 1.54) is 18.4 Å². The molecule has 20 heavy (non-hydrogen) atoms. The van der Waals surface area contributed by atoms with E-state index in [0.29, 0.717) is 0 Å². The van der Waals surface area contributed by atoms with Gasteiger partial charge in [-0.2, -0.15) is 0 Å². The molecule has 4 heteroatoms. The first-order valence-electron chi connectivity index (χ1n) is 7.43. The molecule has 1 aromatic carbocycles. The summed E-state index contributed by atoms with van der Waals surface area (Å²) in [5.41, 5.74) is 1.25. The van der Waals surface area contributed by atoms with Crippen molar-refractivity contribution < 1.29 is 4.79 Å². The normalized spacial score (nSPS) is 21.0. The minimum atomic E-state index is -0.00938. The minimum Gasteiger partial charge on any atom is -0.352 e. The van der Waals surface area contributed by atoms with Gasteiger partial charge in [0.25, 0.3) is 0 Å². The molecule has 2 unspecified atom stereocenters. The third-order valence-electron chi connectivity index (χ3n) is 3.72. The van der Waals surface area contributed by atoms with E-state index in [9.17, 15) is 4.79 Å². The van der Waals surface area contributed by atoms with Crippen molar-refractivity contribution in [3.8, 4) is 0 Å². The van der Waals surface area contributed by atoms with Crippen molar-refractivity contribution in [1.29, 1.82) is 0 Å². The van der Waals surface area contributed by atoms with Gasteiger partial charge in [-0.25, -0.2) is 0 Å². The van der Waals surface area contributed by atoms with Crippen molar-refractivity contribution in [3.63, 3.8) is 0 Å². The minimum absolute atomic E-state index is 0.00938. The predicted molar refractivity (Wildman–Crippen MR) is 85.7 cm³/mol. The van der Waals surface area contributed by atoms with Crippen molar-refractivity contribution in [1.82, 2.24) is 10.6 Å². The van der Waals surface area contributed by atoms with Gasteiger partial charge in [0, 0.05) is 10.5 Å². The molecule has 0 bridgehead atoms. The second-order valence-corrected chi connectivity index (χ2v) is 6.51. The molecule has 0 aliphatic carbocycles. The number of carbonyl (C=O) groups is 1. The first-order valence-corrected chi connectivity index (χ1v) is 8.22. The van der Waals surface area contributed by atoms with Crippen molar-refractivity contribution in [2.24, 2.45) is 0 Å². The van der Waals surface area contributed by atoms with E-state index in [4.69, 9.17) is 0 Å². The summed E-state index contributed by atoms with van der Waals surface area (Å²) in [6, 6.07) is 8.42. The van der Waals surface area contributed by atoms with Gasteiger partial charge >= 0.3 is 0 Å². The molecule has 1 saturated heterocycles. The predicted octanol–water partition coefficient (Wildman–Crippen LogP) is 3.03. The van der Waals surface area contributed by atoms with Gasteiger partial charge in [-0.1, -0.05) is 40.9 Å². The van der Waals surface area contributed by atoms with Crippen LogP contribution < -0.4 is 10.6 Å². The number of rotatable bonds is 4. The zero-order valence-corrected chi connectivity index (χ0v) is 13.6. The third-order valence-corrected chi connectivity index (χ3v) is 4.25. The second kappa shape index (κ2) is 7.79. The Labute approximate surface area is 129 Å². The maximum Gasteiger partial charge on any atom is 0.237 e. The van der Waals surface area contributed by atoms with Crippen LogP contribution in [-0.2, 0) is 11.2 Å². The number of benzene rings is 1. The maximum absolute atomic E-state index is 12.2. The molecule has 1 aliphatic rings. The molecule has 1 aromatic rings. The van der Waals surface area contributed by atoms with E-state index in [2.05, 4.69) is 45.6 Å². The monoisotopic (exact) mass is 338 g/mol. The van der Waals surface area contributed by atoms with E-state index in [-0.39, 0.29) is 18.0 Å². The molecule has 0 radical (unpaired) electrons. The average molecular weight is 339 g/mol. The number of carbonyl (C=O) groups excluding carboxylic acids is 1. The lowest BCUT2D eigenvalue weighted by Gasteiger charge is -2.20. The molecule has 2 N–H and O–H groups in total. The summed E-state index contributed by atoms with van der Waals surface area (Å²) in [4.78, 5) is 12.2. The van der Waals surface area contributed by atoms with Crippen LogP contribution in [0.15, 0.2) is 28.7 Å². The SMILES string of the molecule is CC(Cc1ccc(Br)cc1)NC(=O)C1CCCCCN1. The summed E-state index contributed by atoms with van der Waals surface area (Å²) >= 11 is 3.43. The Morgan fingerprint density at radius 2 is 2.10 bits per heavy atom. The van der Waals surface area contributed by atoms with E-state index in [1.807, 2.05) is 12.1 Å². The molecule has 2 atom stereocenters. The molecule has 2 rings (SSSR count). The van der Waals surface area contributed by atoms with Crippen LogP contribution in [-0.4, -0.2) is 24.5 Å². The number of hydrogen-bond acceptors (Lipinski definition) is 2. The molecular weight excluding hydrogens is 316 g/mol. The van der Waals surface area contributed by atoms with Gasteiger partial charge in [0.15, 0.2) is 0 Å². The third kappa shape index (κ3) is 4.91. The smallest absolute Gasteiger partial charge is 0.237 e. The molecular formula is C16H23BrN2O. The van der Waals surface area contributed by atoms with Crippen molar-refractivity contribution in [2.75, 3.05) is 6.54 Å². The lowest BCUT2D eigenvalue weighted by molar-refractivity contribution is -0.123. The zero-order chi connectivity index (χ0) is 14.4. The summed E-state index contributed by atoms with van der Waals surface area (Å²) in [6.07, 6.45) is 5.37. The van der Waals surface area contributed by atoms with Crippen LogP contribution in [0.1, 0.15) is 38.2 Å². The van der Waals surface area contributed by atoms with Crippen LogP contribution in [0.3, 0.4) is 0 Å². The average Bonchev–Trinajstić information content (AvgIpc) is 2.70. The van der Waals surface area contributed by atoms with Crippen LogP contribution in [0.4, 0.5) is 0 Å². The van der Waals surface area contributed by atoms with E-state index < -0.39 is 0 Å². The topological polar surface area (TPSA) is 41.1 Å². The highest BCUT2D eigenvalue weighted by Gasteiger charge is 2.20. The van der Waals surface area contributed by atoms with Crippen molar-refractivity contribution in [3.05, 3.63) is 34.3 Å². The lowest BCUT2D eigenvalue weighted by Crippen LogP contribution is -2.47. The van der Waals surface area contributed by atoms with E-state index in [0.717, 1.165) is 30.3 Å². The van der Waals surface area contributed by atoms with Gasteiger partial charge < -0.3 is 10.6 Å². The molecule has 1 aliphatic heterocycles. The Hall–Kier alpha value is -0.870. The van der Waals surface area contributed by atoms with Crippen molar-refractivity contribution in [2.45, 2.75) is 51.1 Å². The highest BCUT2D eigenvalue weighted by molar-refractivity contribution is 9.10. The number of hydrogen-bond donors (Lipinski definition) is 2. The van der Waals surface area contributed by atoms with Gasteiger partial charge in [0.05, 0.1) is 6.04 Å². The largest absolute Gasteiger partial charge is 0.352 e. The molecule has 0 aromatic heterocycles. The number of nitrogens with one attached hydrogen (secondary N) is 2. The fourth-order valence-corrected chi connectivity index (χ4v) is 2.89. The van der Waals surface area contributed by atoms with Crippen LogP contribution in [0, 0.1) is 0 Å². The zero-order valence-electron chi connectivity index (χ0n) is 12.0. The van der Waals surface area contributed by atoms with Gasteiger partial charge in [0.2, 0.25) is 5.91 Å². The number of halogens is 1. The van der Waals surface area contributed by atoms with Gasteiger partial charge in [0.1, 0.15) is 0 Å². The Balaban J connectivity index is 1.82. The highest BCUT2D eigenvalue weighted by atomic mass is 79.9. The first kappa shape index (κ1) is 15.5. The van der Waals surface area contributed by atoms with Crippen LogP contribution in [0.2, 0.25) is 0 Å². The summed E-state index contributed by atoms with van der Waals surface area (Å²) in [5, 5.41) is 6.47. The standard InChI is InChI=1S/C16H23BrN2O/c1-12(11-13-6-8-14(17)9-7-13)19-16(20)15-5-3-2-4-10-18-15/h6-9,12,15,18H,2-5,10-11H2,1H3,(H,19,20). The van der Waals surface area contributed by atoms with Crippen LogP contribution in [0.5, 0.6) is 0 Å². The van der Waals surface area contributed by atoms with Crippen molar-refractivity contribution >= 4 is 21.8 Å². The van der Waals surface area contributed by atoms with Crippen LogP contribution >= 0.6 is 15.9 Å². The Morgan fingerprint density at radius 1 is 1.35 bits per heavy atom. The number of amides is 1. The summed E-state index contributed by atoms with van der Waals surface area (Å²) in [5.74, 6) is 0.150. The maximum atomic E-state index is 12.2. The lowest BCUT2D eigenvalue weighted by atomic mass is 10.1. The van der Waals surface area contributed by atoms with Crippen LogP contribution in [0.25, 0.3) is 0 Å². The fourth-order valence-electron chi connectivity index (χ4n) is 2.62. The molecule has 0 spiro atoms. The molecule has 1 fully saturated rings. The Morgan fingerprint density at radius 3 is 2.85 bits per heavy atom. The molecule has 110 valence electrons.